The predicted molar refractivity (Wildman–Crippen MR) is 95.2 cm³/mol. The Hall–Kier alpha value is -2.67. The smallest absolute Gasteiger partial charge is 0.365 e. The van der Waals surface area contributed by atoms with E-state index >= 15 is 0 Å². The molecule has 142 valence electrons. The van der Waals surface area contributed by atoms with Crippen LogP contribution < -0.4 is 0 Å². The van der Waals surface area contributed by atoms with Gasteiger partial charge in [-0.3, -0.25) is 4.79 Å². The molecule has 4 nitrogen and oxygen atoms in total. The van der Waals surface area contributed by atoms with Crippen molar-refractivity contribution in [2.45, 2.75) is 38.6 Å². The van der Waals surface area contributed by atoms with Crippen LogP contribution in [0.15, 0.2) is 53.6 Å². The van der Waals surface area contributed by atoms with E-state index < -0.39 is 29.9 Å². The molecule has 0 aliphatic carbocycles. The van der Waals surface area contributed by atoms with Crippen molar-refractivity contribution in [3.8, 4) is 0 Å². The summed E-state index contributed by atoms with van der Waals surface area (Å²) in [6.07, 6.45) is -4.81. The van der Waals surface area contributed by atoms with E-state index in [9.17, 15) is 23.1 Å². The molecule has 0 aromatic heterocycles. The van der Waals surface area contributed by atoms with Crippen molar-refractivity contribution in [3.63, 3.8) is 0 Å². The van der Waals surface area contributed by atoms with Crippen LogP contribution in [0.3, 0.4) is 0 Å². The van der Waals surface area contributed by atoms with Crippen molar-refractivity contribution in [1.29, 1.82) is 0 Å². The van der Waals surface area contributed by atoms with Gasteiger partial charge in [-0.05, 0) is 30.5 Å². The molecule has 1 heterocycles. The fraction of sp³-hybridized carbons (Fsp3) is 0.300. The second-order valence-corrected chi connectivity index (χ2v) is 6.52. The summed E-state index contributed by atoms with van der Waals surface area (Å²) in [6, 6.07) is 13.0. The molecule has 0 saturated carbocycles. The van der Waals surface area contributed by atoms with E-state index in [1.165, 1.54) is 18.2 Å². The second-order valence-electron chi connectivity index (χ2n) is 6.52. The minimum atomic E-state index is -4.74. The standard InChI is InChI=1S/C20H19F3N2O2/c1-3-14-8-10-15(11-9-14)19(27)12-17(20(21,22)23)24-25(19)18(26)16-7-5-4-6-13(16)2/h4-11,27H,3,12H2,1-2H3. The molecule has 27 heavy (non-hydrogen) atoms. The van der Waals surface area contributed by atoms with Crippen LogP contribution in [-0.4, -0.2) is 27.9 Å². The monoisotopic (exact) mass is 376 g/mol. The van der Waals surface area contributed by atoms with Crippen LogP contribution >= 0.6 is 0 Å². The van der Waals surface area contributed by atoms with E-state index in [2.05, 4.69) is 5.10 Å². The molecule has 1 N–H and O–H groups in total. The zero-order valence-electron chi connectivity index (χ0n) is 14.9. The zero-order chi connectivity index (χ0) is 19.8. The summed E-state index contributed by atoms with van der Waals surface area (Å²) in [5.41, 5.74) is -1.46. The summed E-state index contributed by atoms with van der Waals surface area (Å²) in [5.74, 6) is -0.783. The molecule has 1 amide bonds. The van der Waals surface area contributed by atoms with Crippen LogP contribution in [0.2, 0.25) is 0 Å². The van der Waals surface area contributed by atoms with E-state index in [1.807, 2.05) is 6.92 Å². The highest BCUT2D eigenvalue weighted by atomic mass is 19.4. The number of rotatable bonds is 3. The molecule has 1 aliphatic heterocycles. The highest BCUT2D eigenvalue weighted by Gasteiger charge is 2.53. The first kappa shape index (κ1) is 19.1. The van der Waals surface area contributed by atoms with E-state index in [1.54, 1.807) is 37.3 Å². The molecule has 2 aromatic carbocycles. The maximum absolute atomic E-state index is 13.3. The number of carbonyl (C=O) groups is 1. The quantitative estimate of drug-likeness (QED) is 0.874. The van der Waals surface area contributed by atoms with Crippen molar-refractivity contribution in [1.82, 2.24) is 5.01 Å². The highest BCUT2D eigenvalue weighted by molar-refractivity contribution is 6.00. The van der Waals surface area contributed by atoms with E-state index in [-0.39, 0.29) is 11.1 Å². The third kappa shape index (κ3) is 3.47. The summed E-state index contributed by atoms with van der Waals surface area (Å²) < 4.78 is 39.8. The van der Waals surface area contributed by atoms with Gasteiger partial charge < -0.3 is 5.11 Å². The lowest BCUT2D eigenvalue weighted by Gasteiger charge is -2.32. The third-order valence-electron chi connectivity index (χ3n) is 4.70. The summed E-state index contributed by atoms with van der Waals surface area (Å²) in [4.78, 5) is 12.9. The van der Waals surface area contributed by atoms with E-state index in [4.69, 9.17) is 0 Å². The van der Waals surface area contributed by atoms with Gasteiger partial charge >= 0.3 is 6.18 Å². The van der Waals surface area contributed by atoms with E-state index in [0.717, 1.165) is 12.0 Å². The van der Waals surface area contributed by atoms with Gasteiger partial charge in [0.05, 0.1) is 6.42 Å². The van der Waals surface area contributed by atoms with Gasteiger partial charge in [-0.2, -0.15) is 23.3 Å². The van der Waals surface area contributed by atoms with Crippen LogP contribution in [0.1, 0.15) is 40.4 Å². The number of hydrogen-bond acceptors (Lipinski definition) is 3. The summed E-state index contributed by atoms with van der Waals surface area (Å²) in [7, 11) is 0. The number of aryl methyl sites for hydroxylation is 2. The van der Waals surface area contributed by atoms with Crippen molar-refractivity contribution >= 4 is 11.6 Å². The zero-order valence-corrected chi connectivity index (χ0v) is 14.9. The van der Waals surface area contributed by atoms with Gasteiger partial charge in [-0.1, -0.05) is 49.4 Å². The van der Waals surface area contributed by atoms with Crippen molar-refractivity contribution < 1.29 is 23.1 Å². The van der Waals surface area contributed by atoms with Gasteiger partial charge in [0.25, 0.3) is 5.91 Å². The van der Waals surface area contributed by atoms with Crippen molar-refractivity contribution in [2.24, 2.45) is 5.10 Å². The van der Waals surface area contributed by atoms with Gasteiger partial charge in [0.1, 0.15) is 5.71 Å². The molecule has 2 aromatic rings. The molecule has 0 fully saturated rings. The number of benzene rings is 2. The Morgan fingerprint density at radius 3 is 2.37 bits per heavy atom. The molecule has 0 bridgehead atoms. The maximum Gasteiger partial charge on any atom is 0.431 e. The molecule has 1 atom stereocenters. The number of halogens is 3. The molecule has 0 radical (unpaired) electrons. The van der Waals surface area contributed by atoms with Gasteiger partial charge in [0, 0.05) is 11.1 Å². The van der Waals surface area contributed by atoms with Crippen molar-refractivity contribution in [3.05, 3.63) is 70.8 Å². The Kier molecular flexibility index (Phi) is 4.82. The first-order valence-electron chi connectivity index (χ1n) is 8.53. The Labute approximate surface area is 154 Å². The lowest BCUT2D eigenvalue weighted by molar-refractivity contribution is -0.0816. The molecular weight excluding hydrogens is 357 g/mol. The number of nitrogens with zero attached hydrogens (tertiary/aromatic N) is 2. The Bertz CT molecular complexity index is 891. The minimum absolute atomic E-state index is 0.185. The lowest BCUT2D eigenvalue weighted by atomic mass is 9.95. The number of carbonyl (C=O) groups excluding carboxylic acids is 1. The van der Waals surface area contributed by atoms with Crippen LogP contribution in [-0.2, 0) is 12.1 Å². The minimum Gasteiger partial charge on any atom is -0.365 e. The highest BCUT2D eigenvalue weighted by Crippen LogP contribution is 2.40. The number of aliphatic hydroxyl groups is 1. The molecule has 1 unspecified atom stereocenters. The Balaban J connectivity index is 2.08. The fourth-order valence-electron chi connectivity index (χ4n) is 3.08. The number of alkyl halides is 3. The van der Waals surface area contributed by atoms with E-state index in [0.29, 0.717) is 10.6 Å². The normalized spacial score (nSPS) is 19.9. The predicted octanol–water partition coefficient (Wildman–Crippen LogP) is 4.17. The summed E-state index contributed by atoms with van der Waals surface area (Å²) >= 11 is 0. The van der Waals surface area contributed by atoms with Crippen LogP contribution in [0.4, 0.5) is 13.2 Å². The molecule has 3 rings (SSSR count). The Morgan fingerprint density at radius 1 is 1.19 bits per heavy atom. The van der Waals surface area contributed by atoms with Crippen LogP contribution in [0.25, 0.3) is 0 Å². The first-order valence-corrected chi connectivity index (χ1v) is 8.53. The van der Waals surface area contributed by atoms with Gasteiger partial charge in [0.15, 0.2) is 5.72 Å². The topological polar surface area (TPSA) is 52.9 Å². The van der Waals surface area contributed by atoms with Crippen LogP contribution in [0, 0.1) is 6.92 Å². The fourth-order valence-corrected chi connectivity index (χ4v) is 3.08. The number of hydrogen-bond donors (Lipinski definition) is 1. The largest absolute Gasteiger partial charge is 0.431 e. The summed E-state index contributed by atoms with van der Waals surface area (Å²) in [5, 5.41) is 15.2. The third-order valence-corrected chi connectivity index (χ3v) is 4.70. The lowest BCUT2D eigenvalue weighted by Crippen LogP contribution is -2.44. The second kappa shape index (κ2) is 6.81. The average Bonchev–Trinajstić information content (AvgIpc) is 3.01. The number of hydrazone groups is 1. The molecule has 0 saturated heterocycles. The average molecular weight is 376 g/mol. The molecular formula is C20H19F3N2O2. The number of amides is 1. The molecule has 0 spiro atoms. The first-order chi connectivity index (χ1) is 12.7. The molecule has 1 aliphatic rings. The maximum atomic E-state index is 13.3. The summed E-state index contributed by atoms with van der Waals surface area (Å²) in [6.45, 7) is 3.62. The van der Waals surface area contributed by atoms with Crippen LogP contribution in [0.5, 0.6) is 0 Å². The Morgan fingerprint density at radius 2 is 1.81 bits per heavy atom. The molecule has 7 heteroatoms. The SMILES string of the molecule is CCc1ccc(C2(O)CC(C(F)(F)F)=NN2C(=O)c2ccccc2C)cc1. The van der Waals surface area contributed by atoms with Gasteiger partial charge in [0.2, 0.25) is 0 Å². The van der Waals surface area contributed by atoms with Gasteiger partial charge in [-0.25, -0.2) is 0 Å². The van der Waals surface area contributed by atoms with Gasteiger partial charge in [-0.15, -0.1) is 0 Å². The van der Waals surface area contributed by atoms with Crippen molar-refractivity contribution in [2.75, 3.05) is 0 Å².